The molecule has 36 valence electrons. The first-order valence-corrected chi connectivity index (χ1v) is 2.55. The van der Waals surface area contributed by atoms with E-state index < -0.39 is 0 Å². The first-order chi connectivity index (χ1) is 2.89. The van der Waals surface area contributed by atoms with Crippen molar-refractivity contribution in [2.75, 3.05) is 0 Å². The Labute approximate surface area is 86.9 Å². The topological polar surface area (TPSA) is 23.1 Å². The maximum absolute atomic E-state index is 10.3. The fourth-order valence-corrected chi connectivity index (χ4v) is 0.888. The van der Waals surface area contributed by atoms with Gasteiger partial charge in [0.15, 0.2) is 0 Å². The van der Waals surface area contributed by atoms with Crippen molar-refractivity contribution in [3.63, 3.8) is 0 Å². The summed E-state index contributed by atoms with van der Waals surface area (Å²) in [6.07, 6.45) is 4.01. The van der Waals surface area contributed by atoms with Crippen LogP contribution in [0.4, 0.5) is 0 Å². The van der Waals surface area contributed by atoms with Gasteiger partial charge < -0.3 is 5.11 Å². The summed E-state index contributed by atoms with van der Waals surface area (Å²) < 4.78 is 0. The van der Waals surface area contributed by atoms with Crippen molar-refractivity contribution in [1.82, 2.24) is 0 Å². The van der Waals surface area contributed by atoms with E-state index in [2.05, 4.69) is 0 Å². The van der Waals surface area contributed by atoms with E-state index in [4.69, 9.17) is 0 Å². The monoisotopic (exact) mass is 124 g/mol. The van der Waals surface area contributed by atoms with Crippen LogP contribution in [0.15, 0.2) is 0 Å². The van der Waals surface area contributed by atoms with Crippen molar-refractivity contribution in [1.29, 1.82) is 0 Å². The van der Waals surface area contributed by atoms with Crippen LogP contribution < -0.4 is 56.5 Å². The Kier molecular flexibility index (Phi) is 5.49. The Morgan fingerprint density at radius 2 is 1.57 bits per heavy atom. The molecule has 0 saturated heterocycles. The van der Waals surface area contributed by atoms with Crippen LogP contribution in [-0.4, -0.2) is 6.10 Å². The van der Waals surface area contributed by atoms with Gasteiger partial charge in [-0.05, 0) is 0 Å². The average molecular weight is 124 g/mol. The van der Waals surface area contributed by atoms with Gasteiger partial charge in [-0.2, -0.15) is 0 Å². The van der Waals surface area contributed by atoms with Crippen LogP contribution in [0.3, 0.4) is 0 Å². The molecular formula is C5H9KO. The molecule has 0 spiro atoms. The largest absolute Gasteiger partial charge is 1.00 e. The first-order valence-electron chi connectivity index (χ1n) is 2.55. The molecule has 0 N–H and O–H groups in total. The Hall–Kier alpha value is 1.60. The van der Waals surface area contributed by atoms with E-state index in [1.165, 1.54) is 12.8 Å². The summed E-state index contributed by atoms with van der Waals surface area (Å²) in [7, 11) is 0. The van der Waals surface area contributed by atoms with E-state index in [1.54, 1.807) is 0 Å². The van der Waals surface area contributed by atoms with E-state index in [-0.39, 0.29) is 57.5 Å². The zero-order chi connectivity index (χ0) is 4.41. The average Bonchev–Trinajstić information content (AvgIpc) is 1.86. The molecular weight excluding hydrogens is 115 g/mol. The summed E-state index contributed by atoms with van der Waals surface area (Å²) in [6.45, 7) is 0. The van der Waals surface area contributed by atoms with Gasteiger partial charge in [0, 0.05) is 0 Å². The zero-order valence-corrected chi connectivity index (χ0v) is 7.94. The molecule has 1 nitrogen and oxygen atoms in total. The number of hydrogen-bond donors (Lipinski definition) is 0. The second-order valence-electron chi connectivity index (χ2n) is 1.91. The molecule has 1 fully saturated rings. The fourth-order valence-electron chi connectivity index (χ4n) is 0.888. The Balaban J connectivity index is 0.000000360. The maximum atomic E-state index is 10.3. The van der Waals surface area contributed by atoms with E-state index >= 15 is 0 Å². The predicted octanol–water partition coefficient (Wildman–Crippen LogP) is -2.71. The SMILES string of the molecule is [K+].[O-]C1CCCC1. The van der Waals surface area contributed by atoms with Crippen molar-refractivity contribution in [2.24, 2.45) is 0 Å². The minimum absolute atomic E-state index is 0. The van der Waals surface area contributed by atoms with Gasteiger partial charge in [-0.1, -0.05) is 25.7 Å². The van der Waals surface area contributed by atoms with Crippen molar-refractivity contribution >= 4 is 0 Å². The Bertz CT molecular complexity index is 41.3. The van der Waals surface area contributed by atoms with Gasteiger partial charge in [0.05, 0.1) is 0 Å². The van der Waals surface area contributed by atoms with Crippen molar-refractivity contribution in [2.45, 2.75) is 31.8 Å². The fraction of sp³-hybridized carbons (Fsp3) is 1.00. The number of hydrogen-bond acceptors (Lipinski definition) is 1. The van der Waals surface area contributed by atoms with Crippen LogP contribution in [0.25, 0.3) is 0 Å². The third-order valence-corrected chi connectivity index (χ3v) is 1.30. The van der Waals surface area contributed by atoms with Crippen molar-refractivity contribution in [3.05, 3.63) is 0 Å². The summed E-state index contributed by atoms with van der Waals surface area (Å²) in [5.41, 5.74) is 0. The minimum atomic E-state index is -0.204. The third kappa shape index (κ3) is 3.22. The van der Waals surface area contributed by atoms with Gasteiger partial charge in [0.1, 0.15) is 0 Å². The molecule has 0 radical (unpaired) electrons. The summed E-state index contributed by atoms with van der Waals surface area (Å²) in [5, 5.41) is 10.3. The van der Waals surface area contributed by atoms with Crippen molar-refractivity contribution < 1.29 is 56.5 Å². The van der Waals surface area contributed by atoms with E-state index in [9.17, 15) is 5.11 Å². The quantitative estimate of drug-likeness (QED) is 0.322. The second-order valence-corrected chi connectivity index (χ2v) is 1.91. The molecule has 0 unspecified atom stereocenters. The van der Waals surface area contributed by atoms with Gasteiger partial charge in [0.2, 0.25) is 0 Å². The first kappa shape index (κ1) is 8.60. The van der Waals surface area contributed by atoms with Crippen LogP contribution in [-0.2, 0) is 0 Å². The molecule has 0 aromatic heterocycles. The summed E-state index contributed by atoms with van der Waals surface area (Å²) >= 11 is 0. The van der Waals surface area contributed by atoms with Gasteiger partial charge in [0.25, 0.3) is 0 Å². The van der Waals surface area contributed by atoms with Gasteiger partial charge >= 0.3 is 51.4 Å². The van der Waals surface area contributed by atoms with E-state index in [0.29, 0.717) is 0 Å². The van der Waals surface area contributed by atoms with Crippen LogP contribution in [0.5, 0.6) is 0 Å². The van der Waals surface area contributed by atoms with Gasteiger partial charge in [-0.25, -0.2) is 0 Å². The molecule has 0 aliphatic heterocycles. The van der Waals surface area contributed by atoms with Crippen molar-refractivity contribution in [3.8, 4) is 0 Å². The summed E-state index contributed by atoms with van der Waals surface area (Å²) in [4.78, 5) is 0. The van der Waals surface area contributed by atoms with Gasteiger partial charge in [-0.3, -0.25) is 0 Å². The maximum Gasteiger partial charge on any atom is 1.00 e. The summed E-state index contributed by atoms with van der Waals surface area (Å²) in [5.74, 6) is 0. The zero-order valence-electron chi connectivity index (χ0n) is 4.81. The Morgan fingerprint density at radius 3 is 1.71 bits per heavy atom. The van der Waals surface area contributed by atoms with Crippen LogP contribution in [0, 0.1) is 0 Å². The molecule has 1 saturated carbocycles. The van der Waals surface area contributed by atoms with Crippen LogP contribution >= 0.6 is 0 Å². The predicted molar refractivity (Wildman–Crippen MR) is 22.3 cm³/mol. The number of rotatable bonds is 0. The molecule has 0 bridgehead atoms. The van der Waals surface area contributed by atoms with Gasteiger partial charge in [-0.15, -0.1) is 6.10 Å². The molecule has 0 aromatic carbocycles. The molecule has 0 amide bonds. The molecule has 1 aliphatic rings. The standard InChI is InChI=1S/C5H9O.K/c6-5-3-1-2-4-5;/h5H,1-4H2;/q-1;+1. The molecule has 0 atom stereocenters. The molecule has 7 heavy (non-hydrogen) atoms. The molecule has 0 heterocycles. The summed E-state index contributed by atoms with van der Waals surface area (Å²) in [6, 6.07) is 0. The Morgan fingerprint density at radius 1 is 1.14 bits per heavy atom. The van der Waals surface area contributed by atoms with Crippen LogP contribution in [0.1, 0.15) is 25.7 Å². The molecule has 1 rings (SSSR count). The third-order valence-electron chi connectivity index (χ3n) is 1.30. The molecule has 2 heteroatoms. The molecule has 1 aliphatic carbocycles. The minimum Gasteiger partial charge on any atom is -0.852 e. The second kappa shape index (κ2) is 4.47. The van der Waals surface area contributed by atoms with Crippen LogP contribution in [0.2, 0.25) is 0 Å². The van der Waals surface area contributed by atoms with E-state index in [1.807, 2.05) is 0 Å². The smallest absolute Gasteiger partial charge is 0.852 e. The normalized spacial score (nSPS) is 21.9. The molecule has 0 aromatic rings. The van der Waals surface area contributed by atoms with E-state index in [0.717, 1.165) is 12.8 Å².